The van der Waals surface area contributed by atoms with Crippen molar-refractivity contribution in [2.75, 3.05) is 57.4 Å². The predicted octanol–water partition coefficient (Wildman–Crippen LogP) is 2.22. The molecule has 0 aromatic carbocycles. The number of rotatable bonds is 1. The van der Waals surface area contributed by atoms with Gasteiger partial charge in [-0.1, -0.05) is 20.8 Å². The number of carbonyl (C=O) groups excluding carboxylic acids is 1. The van der Waals surface area contributed by atoms with Crippen LogP contribution in [0, 0.1) is 13.8 Å². The SMILES string of the molecule is Cc1nc2cc(C(C)(C)C)nn2c(N2CCN(C(=O)N3CCOCC3)CC2)c1C. The number of ether oxygens (including phenoxy) is 1. The molecule has 0 spiro atoms. The number of anilines is 1. The average Bonchev–Trinajstić information content (AvgIpc) is 3.13. The summed E-state index contributed by atoms with van der Waals surface area (Å²) in [5.41, 5.74) is 4.07. The standard InChI is InChI=1S/C21H32N6O2/c1-15-16(2)22-18-14-17(21(3,4)5)23-27(18)19(15)24-6-8-25(9-7-24)20(28)26-10-12-29-13-11-26/h14H,6-13H2,1-5H3. The minimum absolute atomic E-state index is 0.0317. The van der Waals surface area contributed by atoms with Crippen molar-refractivity contribution in [1.82, 2.24) is 24.4 Å². The van der Waals surface area contributed by atoms with E-state index in [1.165, 1.54) is 0 Å². The normalized spacial score (nSPS) is 18.6. The number of aromatic nitrogens is 3. The van der Waals surface area contributed by atoms with Crippen molar-refractivity contribution in [3.05, 3.63) is 23.0 Å². The van der Waals surface area contributed by atoms with Gasteiger partial charge in [-0.05, 0) is 13.8 Å². The van der Waals surface area contributed by atoms with Gasteiger partial charge in [-0.2, -0.15) is 9.61 Å². The highest BCUT2D eigenvalue weighted by molar-refractivity contribution is 5.75. The highest BCUT2D eigenvalue weighted by Gasteiger charge is 2.29. The lowest BCUT2D eigenvalue weighted by Gasteiger charge is -2.39. The fourth-order valence-electron chi connectivity index (χ4n) is 3.98. The molecule has 0 radical (unpaired) electrons. The van der Waals surface area contributed by atoms with E-state index in [4.69, 9.17) is 14.8 Å². The van der Waals surface area contributed by atoms with Gasteiger partial charge >= 0.3 is 6.03 Å². The molecule has 2 amide bonds. The summed E-state index contributed by atoms with van der Waals surface area (Å²) in [6.07, 6.45) is 0. The monoisotopic (exact) mass is 400 g/mol. The lowest BCUT2D eigenvalue weighted by Crippen LogP contribution is -2.55. The molecular weight excluding hydrogens is 368 g/mol. The molecule has 2 aliphatic heterocycles. The number of morpholine rings is 1. The highest BCUT2D eigenvalue weighted by atomic mass is 16.5. The van der Waals surface area contributed by atoms with E-state index in [0.717, 1.165) is 41.5 Å². The lowest BCUT2D eigenvalue weighted by molar-refractivity contribution is 0.0428. The third-order valence-corrected chi connectivity index (χ3v) is 5.95. The van der Waals surface area contributed by atoms with Gasteiger partial charge in [-0.3, -0.25) is 0 Å². The second-order valence-electron chi connectivity index (χ2n) is 9.05. The Bertz CT molecular complexity index is 902. The molecule has 0 N–H and O–H groups in total. The summed E-state index contributed by atoms with van der Waals surface area (Å²) in [6, 6.07) is 2.23. The van der Waals surface area contributed by atoms with Crippen molar-refractivity contribution in [3.8, 4) is 0 Å². The van der Waals surface area contributed by atoms with E-state index >= 15 is 0 Å². The van der Waals surface area contributed by atoms with E-state index in [2.05, 4.69) is 45.6 Å². The number of fused-ring (bicyclic) bond motifs is 1. The lowest BCUT2D eigenvalue weighted by atomic mass is 9.93. The minimum Gasteiger partial charge on any atom is -0.378 e. The zero-order valence-electron chi connectivity index (χ0n) is 18.2. The van der Waals surface area contributed by atoms with Crippen LogP contribution in [0.1, 0.15) is 37.7 Å². The number of nitrogens with zero attached hydrogens (tertiary/aromatic N) is 6. The molecule has 0 bridgehead atoms. The maximum absolute atomic E-state index is 12.8. The van der Waals surface area contributed by atoms with Gasteiger partial charge < -0.3 is 19.4 Å². The van der Waals surface area contributed by atoms with Gasteiger partial charge in [0.25, 0.3) is 0 Å². The van der Waals surface area contributed by atoms with Crippen LogP contribution in [0.3, 0.4) is 0 Å². The summed E-state index contributed by atoms with van der Waals surface area (Å²) in [4.78, 5) is 23.8. The Morgan fingerprint density at radius 1 is 1.00 bits per heavy atom. The van der Waals surface area contributed by atoms with Crippen molar-refractivity contribution in [2.45, 2.75) is 40.0 Å². The Balaban J connectivity index is 1.57. The summed E-state index contributed by atoms with van der Waals surface area (Å²) >= 11 is 0. The maximum Gasteiger partial charge on any atom is 0.320 e. The first-order valence-corrected chi connectivity index (χ1v) is 10.5. The van der Waals surface area contributed by atoms with Crippen molar-refractivity contribution < 1.29 is 9.53 Å². The van der Waals surface area contributed by atoms with Gasteiger partial charge in [0.05, 0.1) is 18.9 Å². The maximum atomic E-state index is 12.8. The van der Waals surface area contributed by atoms with Gasteiger partial charge in [0.15, 0.2) is 5.65 Å². The molecule has 0 aliphatic carbocycles. The molecule has 2 fully saturated rings. The second kappa shape index (κ2) is 7.48. The third-order valence-electron chi connectivity index (χ3n) is 5.95. The van der Waals surface area contributed by atoms with E-state index in [1.807, 2.05) is 14.3 Å². The first-order chi connectivity index (χ1) is 13.8. The van der Waals surface area contributed by atoms with Crippen molar-refractivity contribution in [2.24, 2.45) is 0 Å². The number of hydrogen-bond donors (Lipinski definition) is 0. The Morgan fingerprint density at radius 2 is 1.62 bits per heavy atom. The molecule has 8 heteroatoms. The molecule has 2 aromatic heterocycles. The molecule has 4 rings (SSSR count). The Hall–Kier alpha value is -2.35. The number of amides is 2. The van der Waals surface area contributed by atoms with Gasteiger partial charge in [0, 0.05) is 62.0 Å². The zero-order chi connectivity index (χ0) is 20.8. The Kier molecular flexibility index (Phi) is 5.14. The van der Waals surface area contributed by atoms with Crippen molar-refractivity contribution in [1.29, 1.82) is 0 Å². The van der Waals surface area contributed by atoms with E-state index in [0.29, 0.717) is 39.4 Å². The van der Waals surface area contributed by atoms with Crippen LogP contribution in [0.15, 0.2) is 6.07 Å². The smallest absolute Gasteiger partial charge is 0.320 e. The quantitative estimate of drug-likeness (QED) is 0.734. The molecule has 2 aromatic rings. The zero-order valence-corrected chi connectivity index (χ0v) is 18.2. The summed E-state index contributed by atoms with van der Waals surface area (Å²) in [5, 5.41) is 4.90. The van der Waals surface area contributed by atoms with Gasteiger partial charge in [-0.25, -0.2) is 9.78 Å². The van der Waals surface area contributed by atoms with E-state index in [-0.39, 0.29) is 11.4 Å². The minimum atomic E-state index is -0.0317. The van der Waals surface area contributed by atoms with Crippen LogP contribution in [0.5, 0.6) is 0 Å². The molecule has 4 heterocycles. The van der Waals surface area contributed by atoms with Crippen molar-refractivity contribution >= 4 is 17.5 Å². The molecule has 8 nitrogen and oxygen atoms in total. The van der Waals surface area contributed by atoms with Crippen molar-refractivity contribution in [3.63, 3.8) is 0 Å². The first kappa shape index (κ1) is 19.9. The molecular formula is C21H32N6O2. The first-order valence-electron chi connectivity index (χ1n) is 10.5. The van der Waals surface area contributed by atoms with Gasteiger partial charge in [-0.15, -0.1) is 0 Å². The Morgan fingerprint density at radius 3 is 2.24 bits per heavy atom. The van der Waals surface area contributed by atoms with Crippen LogP contribution in [0.2, 0.25) is 0 Å². The predicted molar refractivity (Wildman–Crippen MR) is 113 cm³/mol. The van der Waals surface area contributed by atoms with Crippen LogP contribution in [-0.2, 0) is 10.2 Å². The summed E-state index contributed by atoms with van der Waals surface area (Å²) in [6.45, 7) is 16.3. The molecule has 29 heavy (non-hydrogen) atoms. The molecule has 0 saturated carbocycles. The Labute approximate surface area is 172 Å². The number of piperazine rings is 1. The highest BCUT2D eigenvalue weighted by Crippen LogP contribution is 2.28. The number of urea groups is 1. The topological polar surface area (TPSA) is 66.2 Å². The van der Waals surface area contributed by atoms with Gasteiger partial charge in [0.2, 0.25) is 0 Å². The largest absolute Gasteiger partial charge is 0.378 e. The molecule has 0 atom stereocenters. The summed E-state index contributed by atoms with van der Waals surface area (Å²) in [7, 11) is 0. The number of carbonyl (C=O) groups is 1. The fourth-order valence-corrected chi connectivity index (χ4v) is 3.98. The molecule has 2 aliphatic rings. The van der Waals surface area contributed by atoms with E-state index in [1.54, 1.807) is 0 Å². The summed E-state index contributed by atoms with van der Waals surface area (Å²) in [5.74, 6) is 1.10. The molecule has 158 valence electrons. The van der Waals surface area contributed by atoms with Crippen LogP contribution in [0.25, 0.3) is 5.65 Å². The molecule has 0 unspecified atom stereocenters. The van der Waals surface area contributed by atoms with Crippen LogP contribution in [0.4, 0.5) is 10.6 Å². The molecule has 2 saturated heterocycles. The average molecular weight is 401 g/mol. The van der Waals surface area contributed by atoms with Crippen LogP contribution >= 0.6 is 0 Å². The third kappa shape index (κ3) is 3.77. The number of aryl methyl sites for hydroxylation is 1. The van der Waals surface area contributed by atoms with Gasteiger partial charge in [0.1, 0.15) is 5.82 Å². The summed E-state index contributed by atoms with van der Waals surface area (Å²) < 4.78 is 7.36. The van der Waals surface area contributed by atoms with Crippen LogP contribution in [-0.4, -0.2) is 82.9 Å². The van der Waals surface area contributed by atoms with Crippen LogP contribution < -0.4 is 4.90 Å². The van der Waals surface area contributed by atoms with E-state index in [9.17, 15) is 4.79 Å². The number of hydrogen-bond acceptors (Lipinski definition) is 5. The second-order valence-corrected chi connectivity index (χ2v) is 9.05. The van der Waals surface area contributed by atoms with E-state index < -0.39 is 0 Å². The fraction of sp³-hybridized carbons (Fsp3) is 0.667.